The van der Waals surface area contributed by atoms with Crippen molar-refractivity contribution in [3.8, 4) is 6.07 Å². The van der Waals surface area contributed by atoms with Crippen molar-refractivity contribution in [2.24, 2.45) is 0 Å². The Morgan fingerprint density at radius 1 is 1.43 bits per heavy atom. The predicted octanol–water partition coefficient (Wildman–Crippen LogP) is 2.02. The molecule has 0 atom stereocenters. The minimum atomic E-state index is 0.408. The Hall–Kier alpha value is -1.82. The molecule has 0 fully saturated rings. The van der Waals surface area contributed by atoms with Crippen molar-refractivity contribution in [3.63, 3.8) is 0 Å². The Kier molecular flexibility index (Phi) is 1.97. The van der Waals surface area contributed by atoms with Gasteiger partial charge in [0.2, 0.25) is 0 Å². The first-order valence-electron chi connectivity index (χ1n) is 4.53. The first-order chi connectivity index (χ1) is 6.74. The molecule has 3 heteroatoms. The molecule has 0 aromatic carbocycles. The second-order valence-electron chi connectivity index (χ2n) is 3.40. The zero-order valence-electron chi connectivity index (χ0n) is 8.28. The van der Waals surface area contributed by atoms with Crippen LogP contribution in [-0.4, -0.2) is 9.38 Å². The van der Waals surface area contributed by atoms with Crippen LogP contribution in [0.1, 0.15) is 17.0 Å². The molecule has 0 aliphatic rings. The van der Waals surface area contributed by atoms with Gasteiger partial charge >= 0.3 is 0 Å². The number of imidazole rings is 1. The molecule has 0 spiro atoms. The number of aryl methyl sites for hydroxylation is 2. The summed E-state index contributed by atoms with van der Waals surface area (Å²) in [7, 11) is 0. The van der Waals surface area contributed by atoms with Crippen molar-refractivity contribution in [1.82, 2.24) is 9.38 Å². The SMILES string of the molecule is Cc1ccc(C)n2c(CC#N)cnc12. The van der Waals surface area contributed by atoms with E-state index in [-0.39, 0.29) is 0 Å². The molecular formula is C11H11N3. The van der Waals surface area contributed by atoms with Gasteiger partial charge in [-0.05, 0) is 25.5 Å². The molecule has 0 bridgehead atoms. The molecule has 0 saturated carbocycles. The number of hydrogen-bond acceptors (Lipinski definition) is 2. The maximum Gasteiger partial charge on any atom is 0.140 e. The van der Waals surface area contributed by atoms with Gasteiger partial charge in [-0.1, -0.05) is 6.07 Å². The van der Waals surface area contributed by atoms with Crippen LogP contribution in [0.2, 0.25) is 0 Å². The Balaban J connectivity index is 2.78. The summed E-state index contributed by atoms with van der Waals surface area (Å²) in [6.45, 7) is 4.05. The number of pyridine rings is 1. The fourth-order valence-corrected chi connectivity index (χ4v) is 1.66. The van der Waals surface area contributed by atoms with Crippen molar-refractivity contribution in [2.45, 2.75) is 20.3 Å². The third-order valence-electron chi connectivity index (χ3n) is 2.37. The van der Waals surface area contributed by atoms with E-state index in [0.29, 0.717) is 6.42 Å². The van der Waals surface area contributed by atoms with E-state index in [9.17, 15) is 0 Å². The van der Waals surface area contributed by atoms with Crippen LogP contribution in [0.15, 0.2) is 18.3 Å². The van der Waals surface area contributed by atoms with Gasteiger partial charge in [0, 0.05) is 5.69 Å². The van der Waals surface area contributed by atoms with Crippen LogP contribution in [0.3, 0.4) is 0 Å². The molecule has 0 aliphatic heterocycles. The summed E-state index contributed by atoms with van der Waals surface area (Å²) >= 11 is 0. The number of hydrogen-bond donors (Lipinski definition) is 0. The van der Waals surface area contributed by atoms with Crippen LogP contribution >= 0.6 is 0 Å². The van der Waals surface area contributed by atoms with Crippen LogP contribution in [-0.2, 0) is 6.42 Å². The van der Waals surface area contributed by atoms with Gasteiger partial charge in [0.05, 0.1) is 24.4 Å². The largest absolute Gasteiger partial charge is 0.300 e. The molecule has 0 N–H and O–H groups in total. The van der Waals surface area contributed by atoms with E-state index in [1.54, 1.807) is 6.20 Å². The van der Waals surface area contributed by atoms with Crippen molar-refractivity contribution >= 4 is 5.65 Å². The second kappa shape index (κ2) is 3.15. The maximum absolute atomic E-state index is 8.67. The minimum absolute atomic E-state index is 0.408. The molecular weight excluding hydrogens is 174 g/mol. The summed E-state index contributed by atoms with van der Waals surface area (Å²) in [6.07, 6.45) is 2.18. The lowest BCUT2D eigenvalue weighted by molar-refractivity contribution is 0.996. The van der Waals surface area contributed by atoms with Gasteiger partial charge in [-0.2, -0.15) is 5.26 Å². The normalized spacial score (nSPS) is 10.4. The summed E-state index contributed by atoms with van der Waals surface area (Å²) in [5.74, 6) is 0. The van der Waals surface area contributed by atoms with E-state index in [0.717, 1.165) is 22.6 Å². The Morgan fingerprint density at radius 3 is 2.93 bits per heavy atom. The minimum Gasteiger partial charge on any atom is -0.300 e. The lowest BCUT2D eigenvalue weighted by atomic mass is 10.2. The highest BCUT2D eigenvalue weighted by atomic mass is 15.0. The highest BCUT2D eigenvalue weighted by Gasteiger charge is 2.06. The van der Waals surface area contributed by atoms with E-state index in [4.69, 9.17) is 5.26 Å². The van der Waals surface area contributed by atoms with Gasteiger partial charge in [-0.25, -0.2) is 4.98 Å². The number of aromatic nitrogens is 2. The molecule has 0 amide bonds. The molecule has 14 heavy (non-hydrogen) atoms. The average molecular weight is 185 g/mol. The lowest BCUT2D eigenvalue weighted by Gasteiger charge is -2.04. The van der Waals surface area contributed by atoms with Crippen molar-refractivity contribution in [1.29, 1.82) is 5.26 Å². The highest BCUT2D eigenvalue weighted by Crippen LogP contribution is 2.14. The van der Waals surface area contributed by atoms with Crippen LogP contribution in [0, 0.1) is 25.2 Å². The van der Waals surface area contributed by atoms with Gasteiger partial charge in [0.25, 0.3) is 0 Å². The first-order valence-corrected chi connectivity index (χ1v) is 4.53. The molecule has 0 radical (unpaired) electrons. The lowest BCUT2D eigenvalue weighted by Crippen LogP contribution is -1.97. The third-order valence-corrected chi connectivity index (χ3v) is 2.37. The molecule has 0 unspecified atom stereocenters. The number of fused-ring (bicyclic) bond motifs is 1. The first kappa shape index (κ1) is 8.76. The predicted molar refractivity (Wildman–Crippen MR) is 54.0 cm³/mol. The van der Waals surface area contributed by atoms with E-state index in [1.807, 2.05) is 30.4 Å². The van der Waals surface area contributed by atoms with E-state index >= 15 is 0 Å². The summed E-state index contributed by atoms with van der Waals surface area (Å²) < 4.78 is 2.04. The van der Waals surface area contributed by atoms with Crippen LogP contribution < -0.4 is 0 Å². The Labute approximate surface area is 82.6 Å². The molecule has 2 rings (SSSR count). The Bertz CT molecular complexity index is 517. The molecule has 0 saturated heterocycles. The zero-order chi connectivity index (χ0) is 10.1. The van der Waals surface area contributed by atoms with Gasteiger partial charge in [-0.15, -0.1) is 0 Å². The quantitative estimate of drug-likeness (QED) is 0.682. The van der Waals surface area contributed by atoms with Gasteiger partial charge in [0.1, 0.15) is 5.65 Å². The maximum atomic E-state index is 8.67. The van der Waals surface area contributed by atoms with Crippen molar-refractivity contribution < 1.29 is 0 Å². The fourth-order valence-electron chi connectivity index (χ4n) is 1.66. The summed E-state index contributed by atoms with van der Waals surface area (Å²) in [6, 6.07) is 6.24. The molecule has 2 aromatic rings. The molecule has 2 aromatic heterocycles. The van der Waals surface area contributed by atoms with E-state index in [1.165, 1.54) is 0 Å². The van der Waals surface area contributed by atoms with Crippen molar-refractivity contribution in [2.75, 3.05) is 0 Å². The Morgan fingerprint density at radius 2 is 2.21 bits per heavy atom. The van der Waals surface area contributed by atoms with E-state index < -0.39 is 0 Å². The number of nitrogens with zero attached hydrogens (tertiary/aromatic N) is 3. The van der Waals surface area contributed by atoms with Gasteiger partial charge in [-0.3, -0.25) is 0 Å². The third kappa shape index (κ3) is 1.16. The smallest absolute Gasteiger partial charge is 0.140 e. The van der Waals surface area contributed by atoms with Crippen molar-refractivity contribution in [3.05, 3.63) is 35.3 Å². The molecule has 3 nitrogen and oxygen atoms in total. The standard InChI is InChI=1S/C11H11N3/c1-8-3-4-9(2)14-10(5-6-12)7-13-11(8)14/h3-4,7H,5H2,1-2H3. The van der Waals surface area contributed by atoms with Crippen LogP contribution in [0.25, 0.3) is 5.65 Å². The number of nitriles is 1. The molecule has 2 heterocycles. The van der Waals surface area contributed by atoms with E-state index in [2.05, 4.69) is 11.1 Å². The summed E-state index contributed by atoms with van der Waals surface area (Å²) in [4.78, 5) is 4.31. The van der Waals surface area contributed by atoms with Crippen LogP contribution in [0.4, 0.5) is 0 Å². The molecule has 70 valence electrons. The number of rotatable bonds is 1. The summed E-state index contributed by atoms with van der Waals surface area (Å²) in [5.41, 5.74) is 4.17. The average Bonchev–Trinajstić information content (AvgIpc) is 2.58. The molecule has 0 aliphatic carbocycles. The van der Waals surface area contributed by atoms with Gasteiger partial charge in [0.15, 0.2) is 0 Å². The topological polar surface area (TPSA) is 41.1 Å². The highest BCUT2D eigenvalue weighted by molar-refractivity contribution is 5.50. The second-order valence-corrected chi connectivity index (χ2v) is 3.40. The fraction of sp³-hybridized carbons (Fsp3) is 0.273. The van der Waals surface area contributed by atoms with Crippen LogP contribution in [0.5, 0.6) is 0 Å². The van der Waals surface area contributed by atoms with Gasteiger partial charge < -0.3 is 4.40 Å². The summed E-state index contributed by atoms with van der Waals surface area (Å²) in [5, 5.41) is 8.67. The zero-order valence-corrected chi connectivity index (χ0v) is 8.28. The monoisotopic (exact) mass is 185 g/mol.